The Morgan fingerprint density at radius 2 is 1.33 bits per heavy atom. The van der Waals surface area contributed by atoms with Crippen molar-refractivity contribution in [2.75, 3.05) is 20.8 Å². The van der Waals surface area contributed by atoms with Crippen LogP contribution >= 0.6 is 0 Å². The minimum atomic E-state index is -0.702. The van der Waals surface area contributed by atoms with E-state index in [0.717, 1.165) is 65.2 Å². The first-order valence-corrected chi connectivity index (χ1v) is 23.9. The van der Waals surface area contributed by atoms with E-state index >= 15 is 0 Å². The molecule has 14 heteroatoms. The maximum atomic E-state index is 14.2. The number of ether oxygens (including phenoxy) is 2. The molecule has 5 aromatic rings. The number of alkyl carbamates (subject to hydrolysis) is 2. The lowest BCUT2D eigenvalue weighted by molar-refractivity contribution is -0.138. The van der Waals surface area contributed by atoms with Crippen molar-refractivity contribution in [3.05, 3.63) is 83.6 Å². The maximum Gasteiger partial charge on any atom is 0.407 e. The van der Waals surface area contributed by atoms with Crippen LogP contribution in [0, 0.1) is 17.8 Å². The lowest BCUT2D eigenvalue weighted by Gasteiger charge is -2.33. The van der Waals surface area contributed by atoms with Crippen molar-refractivity contribution in [2.45, 2.75) is 129 Å². The average Bonchev–Trinajstić information content (AvgIpc) is 4.19. The van der Waals surface area contributed by atoms with E-state index in [1.807, 2.05) is 43.7 Å². The average molecular weight is 897 g/mol. The predicted molar refractivity (Wildman–Crippen MR) is 253 cm³/mol. The normalized spacial score (nSPS) is 23.1. The van der Waals surface area contributed by atoms with E-state index in [0.29, 0.717) is 18.4 Å². The zero-order valence-corrected chi connectivity index (χ0v) is 39.4. The third-order valence-electron chi connectivity index (χ3n) is 14.9. The fourth-order valence-corrected chi connectivity index (χ4v) is 11.5. The maximum absolute atomic E-state index is 14.2. The summed E-state index contributed by atoms with van der Waals surface area (Å²) in [4.78, 5) is 73.2. The molecule has 14 nitrogen and oxygen atoms in total. The Hall–Kier alpha value is -6.18. The SMILES string of the molecule is CC[C@H]1CC[C@@H](c2nc3ccc(-c4ccc(-c5ccc(-c6cnc([C@@H]7C[C@H](C)CN7C(=O)[C@@H](NC(=O)OC)C(C)C)[nH]6)cc5)c5c4C4CCC5C4)cc3[nH]2)N1C(=O)[C@@H](NC(=O)OC)C(C)C. The van der Waals surface area contributed by atoms with Gasteiger partial charge in [0.2, 0.25) is 11.8 Å². The third kappa shape index (κ3) is 8.21. The molecule has 2 aliphatic carbocycles. The van der Waals surface area contributed by atoms with Gasteiger partial charge in [-0.05, 0) is 126 Å². The Balaban J connectivity index is 0.964. The second kappa shape index (κ2) is 18.2. The third-order valence-corrected chi connectivity index (χ3v) is 14.9. The van der Waals surface area contributed by atoms with E-state index in [1.165, 1.54) is 61.3 Å². The van der Waals surface area contributed by atoms with Gasteiger partial charge in [-0.1, -0.05) is 84.0 Å². The molecule has 3 fully saturated rings. The van der Waals surface area contributed by atoms with Crippen molar-refractivity contribution in [1.29, 1.82) is 0 Å². The van der Waals surface area contributed by atoms with Gasteiger partial charge in [-0.25, -0.2) is 19.6 Å². The summed E-state index contributed by atoms with van der Waals surface area (Å²) in [5, 5.41) is 5.52. The van der Waals surface area contributed by atoms with E-state index in [1.54, 1.807) is 0 Å². The summed E-state index contributed by atoms with van der Waals surface area (Å²) in [6, 6.07) is 18.0. The predicted octanol–water partition coefficient (Wildman–Crippen LogP) is 9.76. The molecule has 2 bridgehead atoms. The summed E-state index contributed by atoms with van der Waals surface area (Å²) in [7, 11) is 2.62. The van der Waals surface area contributed by atoms with Gasteiger partial charge in [0.05, 0.1) is 49.2 Å². The molecule has 3 aromatic carbocycles. The van der Waals surface area contributed by atoms with Crippen LogP contribution in [0.4, 0.5) is 9.59 Å². The summed E-state index contributed by atoms with van der Waals surface area (Å²) in [5.74, 6) is 2.38. The number of hydrogen-bond acceptors (Lipinski definition) is 8. The molecule has 9 rings (SSSR count). The van der Waals surface area contributed by atoms with Crippen LogP contribution in [-0.2, 0) is 19.1 Å². The fraction of sp³-hybridized carbons (Fsp3) is 0.500. The lowest BCUT2D eigenvalue weighted by atomic mass is 9.81. The van der Waals surface area contributed by atoms with Gasteiger partial charge in [0.25, 0.3) is 0 Å². The quantitative estimate of drug-likeness (QED) is 0.0958. The number of aromatic amines is 2. The molecule has 4 heterocycles. The molecule has 2 unspecified atom stereocenters. The zero-order chi connectivity index (χ0) is 46.6. The van der Waals surface area contributed by atoms with Crippen LogP contribution in [0.5, 0.6) is 0 Å². The molecule has 1 saturated carbocycles. The van der Waals surface area contributed by atoms with Gasteiger partial charge in [0, 0.05) is 12.6 Å². The number of hydrogen-bond donors (Lipinski definition) is 4. The van der Waals surface area contributed by atoms with E-state index in [9.17, 15) is 19.2 Å². The number of methoxy groups -OCH3 is 2. The lowest BCUT2D eigenvalue weighted by Crippen LogP contribution is -2.53. The van der Waals surface area contributed by atoms with Gasteiger partial charge in [-0.3, -0.25) is 9.59 Å². The largest absolute Gasteiger partial charge is 0.453 e. The number of carbonyl (C=O) groups is 4. The molecule has 348 valence electrons. The summed E-state index contributed by atoms with van der Waals surface area (Å²) in [6.07, 6.45) is 7.45. The highest BCUT2D eigenvalue weighted by Gasteiger charge is 2.44. The fourth-order valence-electron chi connectivity index (χ4n) is 11.5. The zero-order valence-electron chi connectivity index (χ0n) is 39.4. The molecule has 4 amide bonds. The van der Waals surface area contributed by atoms with Gasteiger partial charge >= 0.3 is 12.2 Å². The van der Waals surface area contributed by atoms with E-state index in [2.05, 4.69) is 89.0 Å². The van der Waals surface area contributed by atoms with Gasteiger partial charge in [-0.2, -0.15) is 0 Å². The monoisotopic (exact) mass is 896 g/mol. The highest BCUT2D eigenvalue weighted by molar-refractivity contribution is 5.89. The molecule has 0 spiro atoms. The number of nitrogens with one attached hydrogen (secondary N) is 4. The number of carbonyl (C=O) groups excluding carboxylic acids is 4. The molecule has 66 heavy (non-hydrogen) atoms. The number of aromatic nitrogens is 4. The topological polar surface area (TPSA) is 175 Å². The van der Waals surface area contributed by atoms with Crippen LogP contribution in [0.15, 0.2) is 60.8 Å². The van der Waals surface area contributed by atoms with Crippen molar-refractivity contribution < 1.29 is 28.7 Å². The first-order valence-electron chi connectivity index (χ1n) is 23.9. The smallest absolute Gasteiger partial charge is 0.407 e. The van der Waals surface area contributed by atoms with Gasteiger partial charge in [0.15, 0.2) is 0 Å². The van der Waals surface area contributed by atoms with E-state index < -0.39 is 24.3 Å². The number of nitrogens with zero attached hydrogens (tertiary/aromatic N) is 4. The number of fused-ring (bicyclic) bond motifs is 6. The number of H-pyrrole nitrogens is 2. The van der Waals surface area contributed by atoms with Crippen molar-refractivity contribution in [1.82, 2.24) is 40.4 Å². The molecule has 0 radical (unpaired) electrons. The number of benzene rings is 3. The number of amides is 4. The van der Waals surface area contributed by atoms with Crippen LogP contribution in [0.3, 0.4) is 0 Å². The van der Waals surface area contributed by atoms with Crippen molar-refractivity contribution in [3.8, 4) is 33.5 Å². The molecule has 2 saturated heterocycles. The molecular formula is C52H64N8O6. The first-order chi connectivity index (χ1) is 31.8. The second-order valence-corrected chi connectivity index (χ2v) is 19.8. The van der Waals surface area contributed by atoms with Gasteiger partial charge in [0.1, 0.15) is 23.7 Å². The summed E-state index contributed by atoms with van der Waals surface area (Å²) in [6.45, 7) is 12.5. The van der Waals surface area contributed by atoms with Crippen LogP contribution in [0.25, 0.3) is 44.5 Å². The Morgan fingerprint density at radius 3 is 1.95 bits per heavy atom. The van der Waals surface area contributed by atoms with Crippen LogP contribution in [0.2, 0.25) is 0 Å². The minimum absolute atomic E-state index is 0.0523. The Labute approximate surface area is 387 Å². The van der Waals surface area contributed by atoms with E-state index in [4.69, 9.17) is 19.4 Å². The molecular weight excluding hydrogens is 833 g/mol. The van der Waals surface area contributed by atoms with Crippen molar-refractivity contribution in [3.63, 3.8) is 0 Å². The standard InChI is InChI=1S/C52H64N8O6/c1-9-35-17-21-41(60(35)50(62)46(28(4)5)58-52(64)66-8)48-54-38-20-16-32(24-39(38)55-48)37-19-18-36(43-33-14-15-34(23-33)44(37)43)30-10-12-31(13-11-30)40-25-53-47(56-40)42-22-29(6)26-59(42)49(61)45(27(2)3)57-51(63)65-7/h10-13,16,18-20,24-25,27-29,33-35,41-42,45-46H,9,14-15,17,21-23,26H2,1-8H3,(H,53,56)(H,54,55)(H,57,63)(H,58,64)/t29-,33?,34?,35-,41-,42-,45-,46-/m0/s1. The van der Waals surface area contributed by atoms with Gasteiger partial charge in [-0.15, -0.1) is 0 Å². The summed E-state index contributed by atoms with van der Waals surface area (Å²) >= 11 is 0. The molecule has 4 N–H and O–H groups in total. The second-order valence-electron chi connectivity index (χ2n) is 19.8. The van der Waals surface area contributed by atoms with Gasteiger partial charge < -0.3 is 39.9 Å². The van der Waals surface area contributed by atoms with E-state index in [-0.39, 0.29) is 47.7 Å². The van der Waals surface area contributed by atoms with Crippen LogP contribution < -0.4 is 10.6 Å². The highest BCUT2D eigenvalue weighted by atomic mass is 16.5. The summed E-state index contributed by atoms with van der Waals surface area (Å²) in [5.41, 5.74) is 11.5. The van der Waals surface area contributed by atoms with Crippen molar-refractivity contribution >= 4 is 35.0 Å². The number of rotatable bonds is 12. The molecule has 8 atom stereocenters. The van der Waals surface area contributed by atoms with Crippen LogP contribution in [0.1, 0.15) is 133 Å². The van der Waals surface area contributed by atoms with Crippen LogP contribution in [-0.4, -0.2) is 92.6 Å². The molecule has 4 aliphatic rings. The summed E-state index contributed by atoms with van der Waals surface area (Å²) < 4.78 is 9.69. The highest BCUT2D eigenvalue weighted by Crippen LogP contribution is 2.58. The Bertz CT molecular complexity index is 2630. The number of likely N-dealkylation sites (tertiary alicyclic amines) is 2. The molecule has 2 aromatic heterocycles. The molecule has 2 aliphatic heterocycles. The van der Waals surface area contributed by atoms with Crippen molar-refractivity contribution in [2.24, 2.45) is 17.8 Å². The Morgan fingerprint density at radius 1 is 0.727 bits per heavy atom. The Kier molecular flexibility index (Phi) is 12.4. The minimum Gasteiger partial charge on any atom is -0.453 e. The first kappa shape index (κ1) is 45.0. The number of imidazole rings is 2.